The second-order valence-electron chi connectivity index (χ2n) is 7.77. The van der Waals surface area contributed by atoms with Crippen LogP contribution in [-0.4, -0.2) is 22.3 Å². The fraction of sp³-hybridized carbons (Fsp3) is 0.391. The molecule has 0 spiro atoms. The van der Waals surface area contributed by atoms with Crippen LogP contribution >= 0.6 is 11.6 Å². The number of aldehydes is 1. The highest BCUT2D eigenvalue weighted by molar-refractivity contribution is 6.33. The molecule has 0 aliphatic heterocycles. The van der Waals surface area contributed by atoms with Crippen LogP contribution in [0, 0.1) is 24.2 Å². The first-order valence-electron chi connectivity index (χ1n) is 9.30. The van der Waals surface area contributed by atoms with Gasteiger partial charge in [0.05, 0.1) is 10.6 Å². The zero-order valence-electron chi connectivity index (χ0n) is 16.9. The Morgan fingerprint density at radius 1 is 1.29 bits per heavy atom. The molecule has 0 fully saturated rings. The van der Waals surface area contributed by atoms with Crippen LogP contribution in [0.3, 0.4) is 0 Å². The van der Waals surface area contributed by atoms with E-state index in [4.69, 9.17) is 11.6 Å². The van der Waals surface area contributed by atoms with Gasteiger partial charge in [0, 0.05) is 16.9 Å². The molecule has 1 aliphatic rings. The second kappa shape index (κ2) is 8.36. The standard InChI is InChI=1S/C23H27ClO4/c1-13(10-11-23(5)14(2)7-9-19(26)16(23)4)6-8-17-21(27)18(12-25)15(3)20(24)22(17)28/h6-7,9-12,14,16,27-28H,8H2,1-5H3/t14-,16+,23-/m1/s1. The lowest BCUT2D eigenvalue weighted by Gasteiger charge is -2.38. The molecular formula is C23H27ClO4. The van der Waals surface area contributed by atoms with Gasteiger partial charge in [0.25, 0.3) is 0 Å². The average Bonchev–Trinajstić information content (AvgIpc) is 2.66. The molecule has 2 rings (SSSR count). The lowest BCUT2D eigenvalue weighted by molar-refractivity contribution is -0.121. The number of phenolic OH excluding ortho intramolecular Hbond substituents is 2. The fourth-order valence-electron chi connectivity index (χ4n) is 3.45. The molecule has 1 aromatic carbocycles. The van der Waals surface area contributed by atoms with Crippen molar-refractivity contribution in [2.45, 2.75) is 41.0 Å². The Hall–Kier alpha value is -2.33. The minimum atomic E-state index is -0.289. The molecule has 0 radical (unpaired) electrons. The van der Waals surface area contributed by atoms with Crippen molar-refractivity contribution in [3.63, 3.8) is 0 Å². The van der Waals surface area contributed by atoms with Crippen LogP contribution in [-0.2, 0) is 11.2 Å². The van der Waals surface area contributed by atoms with Crippen molar-refractivity contribution in [2.75, 3.05) is 0 Å². The van der Waals surface area contributed by atoms with Crippen molar-refractivity contribution in [3.8, 4) is 11.5 Å². The summed E-state index contributed by atoms with van der Waals surface area (Å²) in [6.07, 6.45) is 10.2. The number of ketones is 1. The van der Waals surface area contributed by atoms with E-state index in [9.17, 15) is 19.8 Å². The van der Waals surface area contributed by atoms with Gasteiger partial charge in [-0.25, -0.2) is 0 Å². The molecule has 4 nitrogen and oxygen atoms in total. The largest absolute Gasteiger partial charge is 0.507 e. The summed E-state index contributed by atoms with van der Waals surface area (Å²) in [4.78, 5) is 23.3. The molecule has 28 heavy (non-hydrogen) atoms. The molecule has 0 bridgehead atoms. The molecule has 0 saturated heterocycles. The minimum Gasteiger partial charge on any atom is -0.507 e. The maximum atomic E-state index is 12.1. The third kappa shape index (κ3) is 3.93. The molecular weight excluding hydrogens is 376 g/mol. The summed E-state index contributed by atoms with van der Waals surface area (Å²) >= 11 is 6.09. The lowest BCUT2D eigenvalue weighted by atomic mass is 9.64. The van der Waals surface area contributed by atoms with E-state index in [0.29, 0.717) is 11.8 Å². The molecule has 5 heteroatoms. The SMILES string of the molecule is CC(C=C[C@]1(C)[C@H](C)C=CC(=O)[C@@H]1C)=CCc1c(O)c(Cl)c(C)c(C=O)c1O. The number of halogens is 1. The monoisotopic (exact) mass is 402 g/mol. The zero-order valence-corrected chi connectivity index (χ0v) is 17.7. The summed E-state index contributed by atoms with van der Waals surface area (Å²) < 4.78 is 0. The van der Waals surface area contributed by atoms with Gasteiger partial charge in [-0.1, -0.05) is 62.2 Å². The molecule has 150 valence electrons. The maximum Gasteiger partial charge on any atom is 0.159 e. The number of benzene rings is 1. The summed E-state index contributed by atoms with van der Waals surface area (Å²) in [7, 11) is 0. The van der Waals surface area contributed by atoms with Crippen molar-refractivity contribution in [2.24, 2.45) is 17.3 Å². The van der Waals surface area contributed by atoms with E-state index in [2.05, 4.69) is 13.8 Å². The Bertz CT molecular complexity index is 895. The van der Waals surface area contributed by atoms with Gasteiger partial charge < -0.3 is 10.2 Å². The molecule has 0 aromatic heterocycles. The molecule has 1 aliphatic carbocycles. The number of aromatic hydroxyl groups is 2. The van der Waals surface area contributed by atoms with Crippen molar-refractivity contribution in [3.05, 3.63) is 57.7 Å². The minimum absolute atomic E-state index is 0.0687. The van der Waals surface area contributed by atoms with E-state index in [1.54, 1.807) is 13.0 Å². The second-order valence-corrected chi connectivity index (χ2v) is 8.15. The predicted octanol–water partition coefficient (Wildman–Crippen LogP) is 5.33. The van der Waals surface area contributed by atoms with Gasteiger partial charge >= 0.3 is 0 Å². The normalized spacial score (nSPS) is 25.5. The lowest BCUT2D eigenvalue weighted by Crippen LogP contribution is -2.37. The number of carbonyl (C=O) groups excluding carboxylic acids is 2. The molecule has 1 aromatic rings. The molecule has 0 unspecified atom stereocenters. The number of allylic oxidation sites excluding steroid dienone is 6. The Morgan fingerprint density at radius 2 is 1.93 bits per heavy atom. The van der Waals surface area contributed by atoms with Gasteiger partial charge in [-0.3, -0.25) is 9.59 Å². The fourth-order valence-corrected chi connectivity index (χ4v) is 3.66. The van der Waals surface area contributed by atoms with Crippen LogP contribution < -0.4 is 0 Å². The van der Waals surface area contributed by atoms with Gasteiger partial charge in [-0.2, -0.15) is 0 Å². The van der Waals surface area contributed by atoms with Crippen LogP contribution in [0.25, 0.3) is 0 Å². The smallest absolute Gasteiger partial charge is 0.159 e. The van der Waals surface area contributed by atoms with E-state index in [-0.39, 0.29) is 57.1 Å². The molecule has 3 atom stereocenters. The number of hydrogen-bond donors (Lipinski definition) is 2. The van der Waals surface area contributed by atoms with Crippen molar-refractivity contribution >= 4 is 23.7 Å². The highest BCUT2D eigenvalue weighted by Crippen LogP contribution is 2.42. The van der Waals surface area contributed by atoms with Crippen LogP contribution in [0.2, 0.25) is 5.02 Å². The molecule has 0 amide bonds. The highest BCUT2D eigenvalue weighted by Gasteiger charge is 2.39. The third-order valence-electron chi connectivity index (χ3n) is 6.11. The molecule has 2 N–H and O–H groups in total. The predicted molar refractivity (Wildman–Crippen MR) is 112 cm³/mol. The Morgan fingerprint density at radius 3 is 2.54 bits per heavy atom. The Kier molecular flexibility index (Phi) is 6.56. The summed E-state index contributed by atoms with van der Waals surface area (Å²) in [5, 5.41) is 20.7. The van der Waals surface area contributed by atoms with Gasteiger partial charge in [0.15, 0.2) is 12.1 Å². The third-order valence-corrected chi connectivity index (χ3v) is 6.57. The Labute approximate surface area is 171 Å². The number of phenols is 2. The van der Waals surface area contributed by atoms with Gasteiger partial charge in [-0.15, -0.1) is 0 Å². The van der Waals surface area contributed by atoms with Gasteiger partial charge in [0.1, 0.15) is 11.5 Å². The van der Waals surface area contributed by atoms with Crippen LogP contribution in [0.4, 0.5) is 0 Å². The first kappa shape index (κ1) is 22.0. The zero-order chi connectivity index (χ0) is 21.2. The first-order chi connectivity index (χ1) is 13.0. The van der Waals surface area contributed by atoms with Crippen LogP contribution in [0.15, 0.2) is 36.0 Å². The quantitative estimate of drug-likeness (QED) is 0.515. The number of hydrogen-bond acceptors (Lipinski definition) is 4. The van der Waals surface area contributed by atoms with Crippen molar-refractivity contribution in [1.82, 2.24) is 0 Å². The van der Waals surface area contributed by atoms with E-state index in [1.165, 1.54) is 0 Å². The summed E-state index contributed by atoms with van der Waals surface area (Å²) in [6.45, 7) is 9.58. The maximum absolute atomic E-state index is 12.1. The van der Waals surface area contributed by atoms with E-state index in [0.717, 1.165) is 5.57 Å². The number of rotatable bonds is 5. The van der Waals surface area contributed by atoms with E-state index in [1.807, 2.05) is 38.2 Å². The topological polar surface area (TPSA) is 74.6 Å². The van der Waals surface area contributed by atoms with E-state index < -0.39 is 0 Å². The highest BCUT2D eigenvalue weighted by atomic mass is 35.5. The van der Waals surface area contributed by atoms with Gasteiger partial charge in [0.2, 0.25) is 0 Å². The molecule has 0 heterocycles. The Balaban J connectivity index is 2.30. The van der Waals surface area contributed by atoms with Gasteiger partial charge in [-0.05, 0) is 37.8 Å². The summed E-state index contributed by atoms with van der Waals surface area (Å²) in [5.41, 5.74) is 1.27. The average molecular weight is 403 g/mol. The van der Waals surface area contributed by atoms with Crippen LogP contribution in [0.1, 0.15) is 49.2 Å². The first-order valence-corrected chi connectivity index (χ1v) is 9.68. The number of carbonyl (C=O) groups is 2. The van der Waals surface area contributed by atoms with Crippen molar-refractivity contribution in [1.29, 1.82) is 0 Å². The molecule has 0 saturated carbocycles. The van der Waals surface area contributed by atoms with E-state index >= 15 is 0 Å². The summed E-state index contributed by atoms with van der Waals surface area (Å²) in [6, 6.07) is 0. The van der Waals surface area contributed by atoms with Crippen LogP contribution in [0.5, 0.6) is 11.5 Å². The van der Waals surface area contributed by atoms with Crippen molar-refractivity contribution < 1.29 is 19.8 Å². The summed E-state index contributed by atoms with van der Waals surface area (Å²) in [5.74, 6) is -0.233.